The molecule has 24 heavy (non-hydrogen) atoms. The second kappa shape index (κ2) is 10.5. The first-order valence-electron chi connectivity index (χ1n) is 8.84. The van der Waals surface area contributed by atoms with E-state index in [1.165, 1.54) is 13.0 Å². The van der Waals surface area contributed by atoms with Crippen molar-refractivity contribution in [1.82, 2.24) is 15.2 Å². The van der Waals surface area contributed by atoms with Gasteiger partial charge in [0.2, 0.25) is 0 Å². The topological polar surface area (TPSA) is 37.4 Å². The molecule has 0 amide bonds. The second-order valence-electron chi connectivity index (χ2n) is 5.80. The summed E-state index contributed by atoms with van der Waals surface area (Å²) in [4.78, 5) is 6.78. The number of hydrogen-bond acceptors (Lipinski definition) is 4. The van der Waals surface area contributed by atoms with Gasteiger partial charge in [-0.2, -0.15) is 0 Å². The van der Waals surface area contributed by atoms with E-state index in [1.807, 2.05) is 24.3 Å². The summed E-state index contributed by atoms with van der Waals surface area (Å²) in [5.41, 5.74) is 0.870. The molecule has 5 heteroatoms. The van der Waals surface area contributed by atoms with Gasteiger partial charge in [-0.25, -0.2) is 0 Å². The Kier molecular flexibility index (Phi) is 8.29. The predicted octanol–water partition coefficient (Wildman–Crippen LogP) is 3.98. The first kappa shape index (κ1) is 19.0. The fourth-order valence-corrected chi connectivity index (χ4v) is 2.86. The molecule has 0 fully saturated rings. The van der Waals surface area contributed by atoms with Gasteiger partial charge < -0.3 is 15.0 Å². The maximum absolute atomic E-state index is 6.00. The Labute approximate surface area is 150 Å². The normalized spacial score (nSPS) is 11.3. The summed E-state index contributed by atoms with van der Waals surface area (Å²) in [5, 5.41) is 5.19. The molecule has 4 nitrogen and oxygen atoms in total. The number of fused-ring (bicyclic) bond motifs is 1. The van der Waals surface area contributed by atoms with Crippen molar-refractivity contribution in [3.63, 3.8) is 0 Å². The highest BCUT2D eigenvalue weighted by Gasteiger charge is 2.03. The maximum atomic E-state index is 6.00. The van der Waals surface area contributed by atoms with Crippen LogP contribution in [0.5, 0.6) is 5.75 Å². The minimum absolute atomic E-state index is 0.695. The molecule has 2 rings (SSSR count). The highest BCUT2D eigenvalue weighted by atomic mass is 35.5. The van der Waals surface area contributed by atoms with Crippen molar-refractivity contribution >= 4 is 22.5 Å². The molecule has 0 saturated heterocycles. The average molecular weight is 350 g/mol. The van der Waals surface area contributed by atoms with E-state index in [9.17, 15) is 0 Å². The van der Waals surface area contributed by atoms with Crippen LogP contribution in [0.15, 0.2) is 30.5 Å². The highest BCUT2D eigenvalue weighted by Crippen LogP contribution is 2.26. The molecule has 0 atom stereocenters. The third-order valence-corrected chi connectivity index (χ3v) is 4.38. The summed E-state index contributed by atoms with van der Waals surface area (Å²) < 4.78 is 5.91. The second-order valence-corrected chi connectivity index (χ2v) is 6.24. The number of benzene rings is 1. The highest BCUT2D eigenvalue weighted by molar-refractivity contribution is 6.31. The molecular formula is C19H28ClN3O. The first-order chi connectivity index (χ1) is 11.7. The monoisotopic (exact) mass is 349 g/mol. The Morgan fingerprint density at radius 2 is 1.92 bits per heavy atom. The van der Waals surface area contributed by atoms with Crippen molar-refractivity contribution in [2.75, 3.05) is 39.3 Å². The molecule has 0 aliphatic heterocycles. The Morgan fingerprint density at radius 3 is 2.71 bits per heavy atom. The van der Waals surface area contributed by atoms with E-state index in [0.717, 1.165) is 49.3 Å². The van der Waals surface area contributed by atoms with Gasteiger partial charge >= 0.3 is 0 Å². The fraction of sp³-hybridized carbons (Fsp3) is 0.526. The molecule has 1 aromatic carbocycles. The van der Waals surface area contributed by atoms with Gasteiger partial charge in [-0.3, -0.25) is 4.98 Å². The zero-order chi connectivity index (χ0) is 17.2. The van der Waals surface area contributed by atoms with Gasteiger partial charge in [-0.15, -0.1) is 0 Å². The van der Waals surface area contributed by atoms with E-state index in [2.05, 4.69) is 29.0 Å². The SMILES string of the molecule is CCN(CC)CCCNCCCOc1ccnc2cc(Cl)ccc12. The number of ether oxygens (including phenoxy) is 1. The van der Waals surface area contributed by atoms with Gasteiger partial charge in [0.15, 0.2) is 0 Å². The molecule has 132 valence electrons. The first-order valence-corrected chi connectivity index (χ1v) is 9.22. The molecule has 0 aliphatic carbocycles. The molecule has 0 radical (unpaired) electrons. The van der Waals surface area contributed by atoms with E-state index in [0.29, 0.717) is 11.6 Å². The molecule has 0 unspecified atom stereocenters. The largest absolute Gasteiger partial charge is 0.493 e. The van der Waals surface area contributed by atoms with Crippen molar-refractivity contribution in [1.29, 1.82) is 0 Å². The molecule has 2 aromatic rings. The maximum Gasteiger partial charge on any atom is 0.130 e. The van der Waals surface area contributed by atoms with Crippen molar-refractivity contribution in [2.45, 2.75) is 26.7 Å². The van der Waals surface area contributed by atoms with Crippen LogP contribution in [0.4, 0.5) is 0 Å². The van der Waals surface area contributed by atoms with E-state index < -0.39 is 0 Å². The van der Waals surface area contributed by atoms with Crippen LogP contribution in [-0.2, 0) is 0 Å². The number of hydrogen-bond donors (Lipinski definition) is 1. The lowest BCUT2D eigenvalue weighted by molar-refractivity contribution is 0.293. The van der Waals surface area contributed by atoms with Crippen LogP contribution in [0.2, 0.25) is 5.02 Å². The number of halogens is 1. The zero-order valence-corrected chi connectivity index (χ0v) is 15.5. The third-order valence-electron chi connectivity index (χ3n) is 4.14. The van der Waals surface area contributed by atoms with Crippen molar-refractivity contribution in [3.8, 4) is 5.75 Å². The lowest BCUT2D eigenvalue weighted by Crippen LogP contribution is -2.27. The lowest BCUT2D eigenvalue weighted by Gasteiger charge is -2.17. The van der Waals surface area contributed by atoms with E-state index in [4.69, 9.17) is 16.3 Å². The number of nitrogens with one attached hydrogen (secondary N) is 1. The summed E-state index contributed by atoms with van der Waals surface area (Å²) in [5.74, 6) is 0.873. The number of nitrogens with zero attached hydrogens (tertiary/aromatic N) is 2. The Hall–Kier alpha value is -1.36. The summed E-state index contributed by atoms with van der Waals surface area (Å²) in [6.45, 7) is 10.6. The standard InChI is InChI=1S/C19H28ClN3O/c1-3-23(4-2)13-5-10-21-11-6-14-24-19-9-12-22-18-15-16(20)7-8-17(18)19/h7-9,12,15,21H,3-6,10-11,13-14H2,1-2H3. The number of aromatic nitrogens is 1. The van der Waals surface area contributed by atoms with Gasteiger partial charge in [0.25, 0.3) is 0 Å². The van der Waals surface area contributed by atoms with Gasteiger partial charge in [-0.1, -0.05) is 25.4 Å². The predicted molar refractivity (Wildman–Crippen MR) is 102 cm³/mol. The van der Waals surface area contributed by atoms with E-state index in [-0.39, 0.29) is 0 Å². The van der Waals surface area contributed by atoms with Crippen LogP contribution >= 0.6 is 11.6 Å². The van der Waals surface area contributed by atoms with Crippen LogP contribution in [-0.4, -0.2) is 49.2 Å². The Bertz CT molecular complexity index is 617. The quantitative estimate of drug-likeness (QED) is 0.623. The summed E-state index contributed by atoms with van der Waals surface area (Å²) >= 11 is 6.00. The smallest absolute Gasteiger partial charge is 0.130 e. The molecule has 0 bridgehead atoms. The van der Waals surface area contributed by atoms with Gasteiger partial charge in [0.05, 0.1) is 12.1 Å². The van der Waals surface area contributed by atoms with Crippen molar-refractivity contribution in [2.24, 2.45) is 0 Å². The Morgan fingerprint density at radius 1 is 1.12 bits per heavy atom. The van der Waals surface area contributed by atoms with Crippen LogP contribution in [0.3, 0.4) is 0 Å². The summed E-state index contributed by atoms with van der Waals surface area (Å²) in [7, 11) is 0. The average Bonchev–Trinajstić information content (AvgIpc) is 2.60. The summed E-state index contributed by atoms with van der Waals surface area (Å²) in [6, 6.07) is 7.61. The Balaban J connectivity index is 1.65. The zero-order valence-electron chi connectivity index (χ0n) is 14.7. The molecule has 1 aromatic heterocycles. The minimum Gasteiger partial charge on any atom is -0.493 e. The molecule has 0 spiro atoms. The number of rotatable bonds is 11. The fourth-order valence-electron chi connectivity index (χ4n) is 2.69. The lowest BCUT2D eigenvalue weighted by atomic mass is 10.2. The van der Waals surface area contributed by atoms with Gasteiger partial charge in [-0.05, 0) is 69.8 Å². The van der Waals surface area contributed by atoms with Crippen LogP contribution in [0.25, 0.3) is 10.9 Å². The van der Waals surface area contributed by atoms with Crippen LogP contribution in [0, 0.1) is 0 Å². The van der Waals surface area contributed by atoms with Crippen LogP contribution < -0.4 is 10.1 Å². The molecule has 1 N–H and O–H groups in total. The number of pyridine rings is 1. The van der Waals surface area contributed by atoms with Crippen molar-refractivity contribution in [3.05, 3.63) is 35.5 Å². The molecule has 0 aliphatic rings. The summed E-state index contributed by atoms with van der Waals surface area (Å²) in [6.07, 6.45) is 3.94. The minimum atomic E-state index is 0.695. The van der Waals surface area contributed by atoms with E-state index in [1.54, 1.807) is 6.20 Å². The van der Waals surface area contributed by atoms with E-state index >= 15 is 0 Å². The molecular weight excluding hydrogens is 322 g/mol. The van der Waals surface area contributed by atoms with Crippen LogP contribution in [0.1, 0.15) is 26.7 Å². The third kappa shape index (κ3) is 5.93. The molecule has 0 saturated carbocycles. The molecule has 1 heterocycles. The van der Waals surface area contributed by atoms with Gasteiger partial charge in [0.1, 0.15) is 5.75 Å². The van der Waals surface area contributed by atoms with Gasteiger partial charge in [0, 0.05) is 16.6 Å². The van der Waals surface area contributed by atoms with Crippen molar-refractivity contribution < 1.29 is 4.74 Å².